The summed E-state index contributed by atoms with van der Waals surface area (Å²) >= 11 is 4.57. The van der Waals surface area contributed by atoms with Gasteiger partial charge in [-0.1, -0.05) is 6.42 Å². The van der Waals surface area contributed by atoms with Gasteiger partial charge in [0.15, 0.2) is 0 Å². The number of nitrogens with two attached hydrogens (primary N) is 1. The second-order valence-electron chi connectivity index (χ2n) is 0.846. The van der Waals surface area contributed by atoms with Crippen LogP contribution in [-0.4, -0.2) is 12.3 Å². The largest absolute Gasteiger partial charge is 0.793 e. The van der Waals surface area contributed by atoms with E-state index in [1.807, 2.05) is 0 Å². The molecule has 6 heavy (non-hydrogen) atoms. The van der Waals surface area contributed by atoms with Crippen LogP contribution in [0.15, 0.2) is 0 Å². The molecular weight excluding hydrogens is 266 g/mol. The summed E-state index contributed by atoms with van der Waals surface area (Å²) < 4.78 is 0. The molecule has 0 fully saturated rings. The molecule has 0 aliphatic rings. The Morgan fingerprint density at radius 3 is 2.00 bits per heavy atom. The first-order chi connectivity index (χ1) is 2.41. The zero-order valence-electron chi connectivity index (χ0n) is 3.52. The minimum atomic E-state index is 0. The van der Waals surface area contributed by atoms with Crippen molar-refractivity contribution in [3.8, 4) is 0 Å². The summed E-state index contributed by atoms with van der Waals surface area (Å²) in [6.45, 7) is 0.740. The van der Waals surface area contributed by atoms with E-state index in [4.69, 9.17) is 5.73 Å². The first-order valence-corrected chi connectivity index (χ1v) is 2.27. The normalized spacial score (nSPS) is 7.00. The summed E-state index contributed by atoms with van der Waals surface area (Å²) in [5, 5.41) is 0. The average Bonchev–Trinajstić information content (AvgIpc) is 1.41. The zero-order chi connectivity index (χ0) is 4.12. The summed E-state index contributed by atoms with van der Waals surface area (Å²) in [4.78, 5) is 0. The van der Waals surface area contributed by atoms with Gasteiger partial charge in [-0.3, -0.25) is 0 Å². The Hall–Kier alpha value is 0.998. The van der Waals surface area contributed by atoms with Gasteiger partial charge in [-0.15, -0.1) is 0 Å². The fourth-order valence-corrected chi connectivity index (χ4v) is 0.250. The van der Waals surface area contributed by atoms with Crippen molar-refractivity contribution in [1.29, 1.82) is 0 Å². The van der Waals surface area contributed by atoms with E-state index in [1.165, 1.54) is 0 Å². The molecule has 0 aliphatic carbocycles. The van der Waals surface area contributed by atoms with Crippen LogP contribution in [-0.2, 0) is 33.7 Å². The van der Waals surface area contributed by atoms with E-state index in [0.29, 0.717) is 0 Å². The predicted octanol–water partition coefficient (Wildman–Crippen LogP) is -0.120. The Labute approximate surface area is 58.4 Å². The Kier molecular flexibility index (Phi) is 15.7. The number of rotatable bonds is 2. The zero-order valence-corrected chi connectivity index (χ0v) is 7.27. The van der Waals surface area contributed by atoms with E-state index >= 15 is 0 Å². The molecule has 3 heteroatoms. The van der Waals surface area contributed by atoms with Gasteiger partial charge in [-0.2, -0.15) is 5.75 Å². The van der Waals surface area contributed by atoms with E-state index in [9.17, 15) is 0 Å². The molecule has 0 saturated carbocycles. The molecule has 1 nitrogen and oxygen atoms in total. The van der Waals surface area contributed by atoms with Gasteiger partial charge in [0.2, 0.25) is 0 Å². The molecule has 0 aromatic carbocycles. The second-order valence-corrected chi connectivity index (χ2v) is 1.25. The molecular formula is C3H8NSW-. The fourth-order valence-electron chi connectivity index (χ4n) is 0.0833. The smallest absolute Gasteiger partial charge is 0 e. The molecule has 0 amide bonds. The van der Waals surface area contributed by atoms with Gasteiger partial charge in [0.25, 0.3) is 0 Å². The van der Waals surface area contributed by atoms with E-state index in [0.717, 1.165) is 18.7 Å². The maximum Gasteiger partial charge on any atom is 0 e. The van der Waals surface area contributed by atoms with E-state index in [1.54, 1.807) is 0 Å². The third kappa shape index (κ3) is 8.89. The molecule has 0 aromatic rings. The van der Waals surface area contributed by atoms with Crippen LogP contribution in [0.1, 0.15) is 6.42 Å². The summed E-state index contributed by atoms with van der Waals surface area (Å²) in [5.74, 6) is 0.802. The molecule has 0 aliphatic heterocycles. The second kappa shape index (κ2) is 9.37. The number of hydrogen-bond acceptors (Lipinski definition) is 2. The van der Waals surface area contributed by atoms with Crippen molar-refractivity contribution in [2.45, 2.75) is 6.42 Å². The van der Waals surface area contributed by atoms with Crippen LogP contribution < -0.4 is 5.73 Å². The van der Waals surface area contributed by atoms with Crippen molar-refractivity contribution < 1.29 is 21.1 Å². The summed E-state index contributed by atoms with van der Waals surface area (Å²) in [7, 11) is 0. The molecule has 0 radical (unpaired) electrons. The van der Waals surface area contributed by atoms with Crippen molar-refractivity contribution in [3.05, 3.63) is 0 Å². The average molecular weight is 274 g/mol. The van der Waals surface area contributed by atoms with Crippen molar-refractivity contribution in [1.82, 2.24) is 0 Å². The molecule has 0 heterocycles. The summed E-state index contributed by atoms with van der Waals surface area (Å²) in [6.07, 6.45) is 0.981. The maximum atomic E-state index is 5.07. The van der Waals surface area contributed by atoms with Crippen molar-refractivity contribution in [3.63, 3.8) is 0 Å². The third-order valence-corrected chi connectivity index (χ3v) is 0.637. The van der Waals surface area contributed by atoms with Crippen molar-refractivity contribution >= 4 is 12.6 Å². The third-order valence-electron chi connectivity index (χ3n) is 0.348. The van der Waals surface area contributed by atoms with Crippen LogP contribution in [0.3, 0.4) is 0 Å². The van der Waals surface area contributed by atoms with Crippen molar-refractivity contribution in [2.24, 2.45) is 5.73 Å². The van der Waals surface area contributed by atoms with Gasteiger partial charge >= 0.3 is 0 Å². The van der Waals surface area contributed by atoms with Crippen LogP contribution in [0, 0.1) is 0 Å². The van der Waals surface area contributed by atoms with Gasteiger partial charge in [0.05, 0.1) is 0 Å². The molecule has 0 aromatic heterocycles. The number of hydrogen-bond donors (Lipinski definition) is 1. The van der Waals surface area contributed by atoms with Gasteiger partial charge in [-0.05, 0) is 6.54 Å². The van der Waals surface area contributed by atoms with Gasteiger partial charge in [-0.25, -0.2) is 0 Å². The Bertz CT molecular complexity index is 18.3. The molecule has 0 unspecified atom stereocenters. The fraction of sp³-hybridized carbons (Fsp3) is 1.00. The van der Waals surface area contributed by atoms with Crippen LogP contribution in [0.5, 0.6) is 0 Å². The van der Waals surface area contributed by atoms with Crippen LogP contribution in [0.2, 0.25) is 0 Å². The standard InChI is InChI=1S/C3H9NS.W/c4-2-1-3-5;/h5H,1-4H2;/p-1. The monoisotopic (exact) mass is 274 g/mol. The quantitative estimate of drug-likeness (QED) is 0.710. The molecule has 0 bridgehead atoms. The molecule has 0 rings (SSSR count). The van der Waals surface area contributed by atoms with Crippen LogP contribution in [0.4, 0.5) is 0 Å². The minimum Gasteiger partial charge on any atom is -0.793 e. The minimum absolute atomic E-state index is 0. The van der Waals surface area contributed by atoms with E-state index in [-0.39, 0.29) is 21.1 Å². The summed E-state index contributed by atoms with van der Waals surface area (Å²) in [6, 6.07) is 0. The van der Waals surface area contributed by atoms with Crippen LogP contribution in [0.25, 0.3) is 0 Å². The Balaban J connectivity index is 0. The Morgan fingerprint density at radius 2 is 2.00 bits per heavy atom. The topological polar surface area (TPSA) is 26.0 Å². The summed E-state index contributed by atoms with van der Waals surface area (Å²) in [5.41, 5.74) is 5.07. The first-order valence-electron chi connectivity index (χ1n) is 1.70. The molecule has 2 N–H and O–H groups in total. The van der Waals surface area contributed by atoms with Gasteiger partial charge < -0.3 is 18.4 Å². The van der Waals surface area contributed by atoms with E-state index < -0.39 is 0 Å². The SMILES string of the molecule is NCCC[S-].[W]. The van der Waals surface area contributed by atoms with Gasteiger partial charge in [0, 0.05) is 21.1 Å². The molecule has 38 valence electrons. The molecule has 0 saturated heterocycles. The van der Waals surface area contributed by atoms with Crippen LogP contribution >= 0.6 is 0 Å². The Morgan fingerprint density at radius 1 is 1.50 bits per heavy atom. The first kappa shape index (κ1) is 10.1. The predicted molar refractivity (Wildman–Crippen MR) is 25.9 cm³/mol. The molecule has 0 spiro atoms. The van der Waals surface area contributed by atoms with Gasteiger partial charge in [0.1, 0.15) is 0 Å². The molecule has 0 atom stereocenters. The van der Waals surface area contributed by atoms with Crippen molar-refractivity contribution in [2.75, 3.05) is 12.3 Å². The van der Waals surface area contributed by atoms with E-state index in [2.05, 4.69) is 12.6 Å². The maximum absolute atomic E-state index is 5.07.